The van der Waals surface area contributed by atoms with E-state index in [1.807, 2.05) is 0 Å². The Morgan fingerprint density at radius 2 is 2.12 bits per heavy atom. The lowest BCUT2D eigenvalue weighted by Crippen LogP contribution is -2.50. The van der Waals surface area contributed by atoms with Gasteiger partial charge in [-0.2, -0.15) is 0 Å². The fraction of sp³-hybridized carbons (Fsp3) is 0.429. The van der Waals surface area contributed by atoms with E-state index in [1.165, 1.54) is 16.6 Å². The van der Waals surface area contributed by atoms with Gasteiger partial charge in [0.15, 0.2) is 0 Å². The number of hydrogen-bond donors (Lipinski definition) is 2. The number of aromatic nitrogens is 1. The lowest BCUT2D eigenvalue weighted by molar-refractivity contribution is 0.0189. The molecular formula is C14H18N2O. The molecule has 0 radical (unpaired) electrons. The summed E-state index contributed by atoms with van der Waals surface area (Å²) in [7, 11) is 2.08. The van der Waals surface area contributed by atoms with Crippen LogP contribution in [0.1, 0.15) is 18.5 Å². The highest BCUT2D eigenvalue weighted by Gasteiger charge is 2.45. The van der Waals surface area contributed by atoms with Crippen molar-refractivity contribution in [3.05, 3.63) is 36.0 Å². The van der Waals surface area contributed by atoms with E-state index in [0.717, 1.165) is 12.8 Å². The van der Waals surface area contributed by atoms with Gasteiger partial charge >= 0.3 is 0 Å². The molecule has 3 rings (SSSR count). The molecule has 0 aliphatic heterocycles. The summed E-state index contributed by atoms with van der Waals surface area (Å²) in [5, 5.41) is 10.8. The Kier molecular flexibility index (Phi) is 2.28. The van der Waals surface area contributed by atoms with Crippen LogP contribution < -0.4 is 5.73 Å². The van der Waals surface area contributed by atoms with Crippen LogP contribution >= 0.6 is 0 Å². The first-order valence-corrected chi connectivity index (χ1v) is 6.09. The van der Waals surface area contributed by atoms with Gasteiger partial charge in [0.1, 0.15) is 0 Å². The highest BCUT2D eigenvalue weighted by Crippen LogP contribution is 2.44. The van der Waals surface area contributed by atoms with Crippen molar-refractivity contribution >= 4 is 10.9 Å². The van der Waals surface area contributed by atoms with Gasteiger partial charge in [-0.05, 0) is 30.4 Å². The maximum absolute atomic E-state index is 9.58. The van der Waals surface area contributed by atoms with Gasteiger partial charge in [-0.3, -0.25) is 0 Å². The normalized spacial score (nSPS) is 28.3. The summed E-state index contributed by atoms with van der Waals surface area (Å²) in [6, 6.07) is 10.6. The average molecular weight is 230 g/mol. The van der Waals surface area contributed by atoms with Gasteiger partial charge < -0.3 is 15.4 Å². The van der Waals surface area contributed by atoms with Crippen LogP contribution in [0, 0.1) is 0 Å². The predicted octanol–water partition coefficient (Wildman–Crippen LogP) is 1.53. The molecule has 1 aromatic carbocycles. The predicted molar refractivity (Wildman–Crippen MR) is 68.9 cm³/mol. The molecule has 17 heavy (non-hydrogen) atoms. The smallest absolute Gasteiger partial charge is 0.0559 e. The Morgan fingerprint density at radius 3 is 2.71 bits per heavy atom. The lowest BCUT2D eigenvalue weighted by atomic mass is 9.64. The van der Waals surface area contributed by atoms with Crippen LogP contribution in [0.3, 0.4) is 0 Å². The van der Waals surface area contributed by atoms with Gasteiger partial charge in [0.25, 0.3) is 0 Å². The first-order chi connectivity index (χ1) is 8.16. The van der Waals surface area contributed by atoms with E-state index in [2.05, 4.69) is 41.9 Å². The molecule has 0 spiro atoms. The van der Waals surface area contributed by atoms with Gasteiger partial charge in [-0.15, -0.1) is 0 Å². The zero-order valence-electron chi connectivity index (χ0n) is 10.1. The number of nitrogens with zero attached hydrogens (tertiary/aromatic N) is 1. The number of aliphatic hydroxyl groups excluding tert-OH is 1. The summed E-state index contributed by atoms with van der Waals surface area (Å²) < 4.78 is 2.22. The number of benzene rings is 1. The Balaban J connectivity index is 2.14. The maximum Gasteiger partial charge on any atom is 0.0559 e. The first-order valence-electron chi connectivity index (χ1n) is 6.09. The Labute approximate surface area is 101 Å². The Morgan fingerprint density at radius 1 is 1.41 bits per heavy atom. The second-order valence-corrected chi connectivity index (χ2v) is 5.19. The van der Waals surface area contributed by atoms with Gasteiger partial charge in [-0.1, -0.05) is 18.2 Å². The molecule has 90 valence electrons. The van der Waals surface area contributed by atoms with Crippen LogP contribution in [-0.4, -0.2) is 22.3 Å². The van der Waals surface area contributed by atoms with Crippen LogP contribution in [0.2, 0.25) is 0 Å². The standard InChI is InChI=1S/C14H18N2O/c1-16-12-5-3-2-4-10(12)6-13(16)14(9-15)7-11(17)8-14/h2-6,11,17H,7-9,15H2,1H3. The molecule has 3 nitrogen and oxygen atoms in total. The van der Waals surface area contributed by atoms with Crippen molar-refractivity contribution in [1.29, 1.82) is 0 Å². The number of aryl methyl sites for hydroxylation is 1. The molecule has 1 aliphatic rings. The highest BCUT2D eigenvalue weighted by atomic mass is 16.3. The molecule has 2 aromatic rings. The van der Waals surface area contributed by atoms with Crippen molar-refractivity contribution in [2.45, 2.75) is 24.4 Å². The zero-order valence-corrected chi connectivity index (χ0v) is 10.1. The average Bonchev–Trinajstić information content (AvgIpc) is 2.64. The molecule has 0 unspecified atom stereocenters. The van der Waals surface area contributed by atoms with Crippen molar-refractivity contribution in [3.63, 3.8) is 0 Å². The number of para-hydroxylation sites is 1. The summed E-state index contributed by atoms with van der Waals surface area (Å²) in [5.74, 6) is 0. The van der Waals surface area contributed by atoms with E-state index in [9.17, 15) is 5.11 Å². The van der Waals surface area contributed by atoms with Crippen LogP contribution in [0.4, 0.5) is 0 Å². The van der Waals surface area contributed by atoms with Gasteiger partial charge in [0.05, 0.1) is 6.10 Å². The zero-order chi connectivity index (χ0) is 12.0. The molecule has 0 amide bonds. The van der Waals surface area contributed by atoms with E-state index in [-0.39, 0.29) is 11.5 Å². The van der Waals surface area contributed by atoms with Crippen molar-refractivity contribution < 1.29 is 5.11 Å². The summed E-state index contributed by atoms with van der Waals surface area (Å²) in [5.41, 5.74) is 8.40. The second-order valence-electron chi connectivity index (χ2n) is 5.19. The molecule has 1 aliphatic carbocycles. The van der Waals surface area contributed by atoms with Crippen molar-refractivity contribution in [2.75, 3.05) is 6.54 Å². The van der Waals surface area contributed by atoms with E-state index >= 15 is 0 Å². The minimum atomic E-state index is -0.184. The van der Waals surface area contributed by atoms with Gasteiger partial charge in [0.2, 0.25) is 0 Å². The molecule has 1 aromatic heterocycles. The molecule has 1 heterocycles. The first kappa shape index (κ1) is 10.8. The van der Waals surface area contributed by atoms with Crippen LogP contribution in [0.5, 0.6) is 0 Å². The van der Waals surface area contributed by atoms with E-state index < -0.39 is 0 Å². The van der Waals surface area contributed by atoms with Gasteiger partial charge in [0, 0.05) is 30.2 Å². The van der Waals surface area contributed by atoms with Crippen molar-refractivity contribution in [3.8, 4) is 0 Å². The summed E-state index contributed by atoms with van der Waals surface area (Å²) >= 11 is 0. The summed E-state index contributed by atoms with van der Waals surface area (Å²) in [6.07, 6.45) is 1.39. The number of fused-ring (bicyclic) bond motifs is 1. The minimum Gasteiger partial charge on any atom is -0.393 e. The Bertz CT molecular complexity index is 552. The highest BCUT2D eigenvalue weighted by molar-refractivity contribution is 5.81. The van der Waals surface area contributed by atoms with Crippen LogP contribution in [0.25, 0.3) is 10.9 Å². The van der Waals surface area contributed by atoms with E-state index in [4.69, 9.17) is 5.73 Å². The lowest BCUT2D eigenvalue weighted by Gasteiger charge is -2.45. The number of rotatable bonds is 2. The molecule has 1 fully saturated rings. The third kappa shape index (κ3) is 1.43. The fourth-order valence-corrected chi connectivity index (χ4v) is 3.12. The monoisotopic (exact) mass is 230 g/mol. The number of aliphatic hydroxyl groups is 1. The maximum atomic E-state index is 9.58. The molecular weight excluding hydrogens is 212 g/mol. The molecule has 0 atom stereocenters. The third-order valence-electron chi connectivity index (χ3n) is 4.14. The quantitative estimate of drug-likeness (QED) is 0.822. The van der Waals surface area contributed by atoms with E-state index in [0.29, 0.717) is 6.54 Å². The fourth-order valence-electron chi connectivity index (χ4n) is 3.12. The largest absolute Gasteiger partial charge is 0.393 e. The Hall–Kier alpha value is -1.32. The molecule has 3 N–H and O–H groups in total. The molecule has 0 bridgehead atoms. The second kappa shape index (κ2) is 3.59. The number of nitrogens with two attached hydrogens (primary N) is 1. The molecule has 1 saturated carbocycles. The van der Waals surface area contributed by atoms with E-state index in [1.54, 1.807) is 0 Å². The molecule has 3 heteroatoms. The minimum absolute atomic E-state index is 0.0206. The summed E-state index contributed by atoms with van der Waals surface area (Å²) in [4.78, 5) is 0. The molecule has 0 saturated heterocycles. The van der Waals surface area contributed by atoms with Crippen LogP contribution in [0.15, 0.2) is 30.3 Å². The summed E-state index contributed by atoms with van der Waals surface area (Å²) in [6.45, 7) is 0.605. The third-order valence-corrected chi connectivity index (χ3v) is 4.14. The number of hydrogen-bond acceptors (Lipinski definition) is 2. The van der Waals surface area contributed by atoms with Crippen LogP contribution in [-0.2, 0) is 12.5 Å². The SMILES string of the molecule is Cn1c(C2(CN)CC(O)C2)cc2ccccc21. The van der Waals surface area contributed by atoms with Gasteiger partial charge in [-0.25, -0.2) is 0 Å². The topological polar surface area (TPSA) is 51.2 Å². The van der Waals surface area contributed by atoms with Crippen molar-refractivity contribution in [1.82, 2.24) is 4.57 Å². The van der Waals surface area contributed by atoms with Crippen molar-refractivity contribution in [2.24, 2.45) is 12.8 Å².